The molecular formula is C11H12F3N5O2. The number of benzene rings is 1. The van der Waals surface area contributed by atoms with Crippen molar-refractivity contribution in [2.24, 2.45) is 10.8 Å². The topological polar surface area (TPSA) is 113 Å². The summed E-state index contributed by atoms with van der Waals surface area (Å²) in [5, 5.41) is 5.94. The third-order valence-corrected chi connectivity index (χ3v) is 2.33. The molecule has 0 spiro atoms. The molecule has 1 aromatic rings. The van der Waals surface area contributed by atoms with Gasteiger partial charge in [-0.3, -0.25) is 4.79 Å². The Balaban J connectivity index is 2.85. The van der Waals surface area contributed by atoms with Crippen molar-refractivity contribution in [1.82, 2.24) is 5.32 Å². The zero-order chi connectivity index (χ0) is 15.9. The second-order valence-corrected chi connectivity index (χ2v) is 3.86. The number of amides is 1. The van der Waals surface area contributed by atoms with E-state index in [1.807, 2.05) is 0 Å². The van der Waals surface area contributed by atoms with Crippen LogP contribution in [0.1, 0.15) is 11.6 Å². The number of ether oxygens (including phenoxy) is 1. The van der Waals surface area contributed by atoms with E-state index in [-0.39, 0.29) is 18.7 Å². The molecule has 0 saturated carbocycles. The normalized spacial score (nSPS) is 12.3. The van der Waals surface area contributed by atoms with E-state index in [4.69, 9.17) is 11.3 Å². The van der Waals surface area contributed by atoms with Crippen LogP contribution < -0.4 is 15.8 Å². The van der Waals surface area contributed by atoms with Crippen LogP contribution in [0, 0.1) is 0 Å². The van der Waals surface area contributed by atoms with E-state index in [1.54, 1.807) is 0 Å². The van der Waals surface area contributed by atoms with Crippen molar-refractivity contribution in [1.29, 1.82) is 0 Å². The molecule has 114 valence electrons. The highest BCUT2D eigenvalue weighted by molar-refractivity contribution is 5.81. The minimum absolute atomic E-state index is 0.0685. The van der Waals surface area contributed by atoms with Crippen molar-refractivity contribution in [2.45, 2.75) is 12.4 Å². The summed E-state index contributed by atoms with van der Waals surface area (Å²) in [5.41, 5.74) is 13.5. The average molecular weight is 303 g/mol. The van der Waals surface area contributed by atoms with E-state index >= 15 is 0 Å². The standard InChI is InChI=1S/C11H12F3N5O2/c12-11(13,14)21-8-3-1-2-7(6-8)9(10(15)20)17-4-5-18-19-16/h1-3,6,9,17H,4-5H2,(H2,15,20). The lowest BCUT2D eigenvalue weighted by molar-refractivity contribution is -0.274. The fraction of sp³-hybridized carbons (Fsp3) is 0.364. The van der Waals surface area contributed by atoms with Gasteiger partial charge < -0.3 is 15.8 Å². The lowest BCUT2D eigenvalue weighted by atomic mass is 10.1. The number of carbonyl (C=O) groups excluding carboxylic acids is 1. The van der Waals surface area contributed by atoms with E-state index in [9.17, 15) is 18.0 Å². The number of nitrogens with two attached hydrogens (primary N) is 1. The summed E-state index contributed by atoms with van der Waals surface area (Å²) < 4.78 is 40.2. The summed E-state index contributed by atoms with van der Waals surface area (Å²) >= 11 is 0. The van der Waals surface area contributed by atoms with Crippen LogP contribution in [0.25, 0.3) is 10.4 Å². The van der Waals surface area contributed by atoms with Gasteiger partial charge in [-0.2, -0.15) is 0 Å². The number of nitrogens with one attached hydrogen (secondary N) is 1. The van der Waals surface area contributed by atoms with Crippen molar-refractivity contribution in [3.05, 3.63) is 40.3 Å². The molecule has 0 aromatic heterocycles. The third kappa shape index (κ3) is 6.02. The highest BCUT2D eigenvalue weighted by Gasteiger charge is 2.31. The molecule has 0 fully saturated rings. The van der Waals surface area contributed by atoms with Crippen LogP contribution in [0.4, 0.5) is 13.2 Å². The quantitative estimate of drug-likeness (QED) is 0.347. The number of hydrogen-bond acceptors (Lipinski definition) is 4. The minimum Gasteiger partial charge on any atom is -0.406 e. The summed E-state index contributed by atoms with van der Waals surface area (Å²) in [4.78, 5) is 13.9. The molecular weight excluding hydrogens is 291 g/mol. The summed E-state index contributed by atoms with van der Waals surface area (Å²) in [7, 11) is 0. The fourth-order valence-corrected chi connectivity index (χ4v) is 1.58. The van der Waals surface area contributed by atoms with Crippen LogP contribution in [0.2, 0.25) is 0 Å². The van der Waals surface area contributed by atoms with Gasteiger partial charge in [0.05, 0.1) is 0 Å². The Hall–Kier alpha value is -2.45. The predicted molar refractivity (Wildman–Crippen MR) is 67.1 cm³/mol. The van der Waals surface area contributed by atoms with Crippen LogP contribution in [-0.4, -0.2) is 25.4 Å². The van der Waals surface area contributed by atoms with Crippen molar-refractivity contribution < 1.29 is 22.7 Å². The molecule has 1 rings (SSSR count). The molecule has 3 N–H and O–H groups in total. The van der Waals surface area contributed by atoms with Crippen LogP contribution in [0.15, 0.2) is 29.4 Å². The Morgan fingerprint density at radius 3 is 2.81 bits per heavy atom. The minimum atomic E-state index is -4.82. The Bertz CT molecular complexity index is 543. The largest absolute Gasteiger partial charge is 0.573 e. The molecule has 0 bridgehead atoms. The van der Waals surface area contributed by atoms with Crippen molar-refractivity contribution >= 4 is 5.91 Å². The Labute approximate surface area is 117 Å². The molecule has 21 heavy (non-hydrogen) atoms. The third-order valence-electron chi connectivity index (χ3n) is 2.33. The first kappa shape index (κ1) is 16.6. The molecule has 0 aliphatic heterocycles. The predicted octanol–water partition coefficient (Wildman–Crippen LogP) is 2.01. The number of nitrogens with zero attached hydrogens (tertiary/aromatic N) is 3. The molecule has 0 radical (unpaired) electrons. The van der Waals surface area contributed by atoms with Gasteiger partial charge in [0.15, 0.2) is 0 Å². The van der Waals surface area contributed by atoms with E-state index in [0.29, 0.717) is 0 Å². The van der Waals surface area contributed by atoms with Crippen molar-refractivity contribution in [2.75, 3.05) is 13.1 Å². The average Bonchev–Trinajstić information content (AvgIpc) is 2.36. The number of hydrogen-bond donors (Lipinski definition) is 2. The monoisotopic (exact) mass is 303 g/mol. The maximum absolute atomic E-state index is 12.1. The molecule has 1 unspecified atom stereocenters. The van der Waals surface area contributed by atoms with Gasteiger partial charge in [-0.1, -0.05) is 17.2 Å². The molecule has 10 heteroatoms. The number of alkyl halides is 3. The maximum Gasteiger partial charge on any atom is 0.573 e. The first-order chi connectivity index (χ1) is 9.83. The molecule has 1 atom stereocenters. The Morgan fingerprint density at radius 1 is 1.52 bits per heavy atom. The molecule has 0 aliphatic rings. The second kappa shape index (κ2) is 7.36. The SMILES string of the molecule is [N-]=[N+]=NCCNC(C(N)=O)c1cccc(OC(F)(F)F)c1. The number of primary amides is 1. The summed E-state index contributed by atoms with van der Waals surface area (Å²) in [6, 6.07) is 3.88. The van der Waals surface area contributed by atoms with E-state index < -0.39 is 24.1 Å². The summed E-state index contributed by atoms with van der Waals surface area (Å²) in [5.74, 6) is -1.23. The summed E-state index contributed by atoms with van der Waals surface area (Å²) in [6.07, 6.45) is -4.82. The number of azide groups is 1. The maximum atomic E-state index is 12.1. The molecule has 1 amide bonds. The second-order valence-electron chi connectivity index (χ2n) is 3.86. The Kier molecular flexibility index (Phi) is 5.82. The van der Waals surface area contributed by atoms with Crippen LogP contribution >= 0.6 is 0 Å². The van der Waals surface area contributed by atoms with Crippen molar-refractivity contribution in [3.8, 4) is 5.75 Å². The van der Waals surface area contributed by atoms with Gasteiger partial charge in [-0.25, -0.2) is 0 Å². The Morgan fingerprint density at radius 2 is 2.24 bits per heavy atom. The van der Waals surface area contributed by atoms with Gasteiger partial charge in [0.2, 0.25) is 5.91 Å². The van der Waals surface area contributed by atoms with Gasteiger partial charge >= 0.3 is 6.36 Å². The summed E-state index contributed by atoms with van der Waals surface area (Å²) in [6.45, 7) is 0.209. The lowest BCUT2D eigenvalue weighted by Gasteiger charge is -2.16. The van der Waals surface area contributed by atoms with Gasteiger partial charge in [0.1, 0.15) is 11.8 Å². The number of carbonyl (C=O) groups is 1. The van der Waals surface area contributed by atoms with Crippen LogP contribution in [-0.2, 0) is 4.79 Å². The van der Waals surface area contributed by atoms with E-state index in [1.165, 1.54) is 12.1 Å². The van der Waals surface area contributed by atoms with Gasteiger partial charge in [0, 0.05) is 18.0 Å². The van der Waals surface area contributed by atoms with E-state index in [2.05, 4.69) is 20.1 Å². The molecule has 0 saturated heterocycles. The molecule has 0 aliphatic carbocycles. The van der Waals surface area contributed by atoms with Gasteiger partial charge in [-0.15, -0.1) is 13.2 Å². The zero-order valence-corrected chi connectivity index (χ0v) is 10.7. The van der Waals surface area contributed by atoms with Crippen LogP contribution in [0.5, 0.6) is 5.75 Å². The smallest absolute Gasteiger partial charge is 0.406 e. The highest BCUT2D eigenvalue weighted by atomic mass is 19.4. The zero-order valence-electron chi connectivity index (χ0n) is 10.7. The van der Waals surface area contributed by atoms with Gasteiger partial charge in [0.25, 0.3) is 0 Å². The van der Waals surface area contributed by atoms with E-state index in [0.717, 1.165) is 12.1 Å². The van der Waals surface area contributed by atoms with Crippen LogP contribution in [0.3, 0.4) is 0 Å². The first-order valence-corrected chi connectivity index (χ1v) is 5.73. The van der Waals surface area contributed by atoms with Gasteiger partial charge in [-0.05, 0) is 23.2 Å². The molecule has 1 aromatic carbocycles. The fourth-order valence-electron chi connectivity index (χ4n) is 1.58. The first-order valence-electron chi connectivity index (χ1n) is 5.73. The highest BCUT2D eigenvalue weighted by Crippen LogP contribution is 2.25. The number of halogens is 3. The molecule has 7 nitrogen and oxygen atoms in total. The number of rotatable bonds is 7. The molecule has 0 heterocycles. The lowest BCUT2D eigenvalue weighted by Crippen LogP contribution is -2.35. The van der Waals surface area contributed by atoms with Crippen molar-refractivity contribution in [3.63, 3.8) is 0 Å².